The van der Waals surface area contributed by atoms with E-state index in [-0.39, 0.29) is 13.0 Å². The second-order valence-corrected chi connectivity index (χ2v) is 7.40. The molecule has 0 aliphatic heterocycles. The van der Waals surface area contributed by atoms with Gasteiger partial charge in [0, 0.05) is 32.1 Å². The maximum Gasteiger partial charge on any atom is 0.304 e. The van der Waals surface area contributed by atoms with Crippen molar-refractivity contribution in [3.05, 3.63) is 21.9 Å². The van der Waals surface area contributed by atoms with Gasteiger partial charge < -0.3 is 5.11 Å². The Bertz CT molecular complexity index is 539. The van der Waals surface area contributed by atoms with E-state index in [2.05, 4.69) is 0 Å². The van der Waals surface area contributed by atoms with Gasteiger partial charge in [0.05, 0.1) is 6.42 Å². The molecule has 1 aromatic rings. The zero-order chi connectivity index (χ0) is 14.6. The molecule has 1 heterocycles. The Morgan fingerprint density at radius 2 is 2.00 bits per heavy atom. The Morgan fingerprint density at radius 3 is 2.47 bits per heavy atom. The summed E-state index contributed by atoms with van der Waals surface area (Å²) >= 11 is 1.51. The van der Waals surface area contributed by atoms with Gasteiger partial charge in [0.25, 0.3) is 10.2 Å². The highest BCUT2D eigenvalue weighted by Gasteiger charge is 2.24. The fraction of sp³-hybridized carbons (Fsp3) is 0.545. The molecule has 1 aromatic heterocycles. The van der Waals surface area contributed by atoms with Gasteiger partial charge in [0.15, 0.2) is 0 Å². The van der Waals surface area contributed by atoms with Gasteiger partial charge in [-0.05, 0) is 23.9 Å². The van der Waals surface area contributed by atoms with Crippen LogP contribution >= 0.6 is 11.3 Å². The number of thiophene rings is 1. The van der Waals surface area contributed by atoms with E-state index in [9.17, 15) is 13.2 Å². The van der Waals surface area contributed by atoms with Crippen molar-refractivity contribution < 1.29 is 18.3 Å². The fourth-order valence-electron chi connectivity index (χ4n) is 1.46. The number of rotatable bonds is 7. The molecule has 0 unspecified atom stereocenters. The molecule has 0 fully saturated rings. The average Bonchev–Trinajstić information content (AvgIpc) is 2.71. The van der Waals surface area contributed by atoms with Crippen molar-refractivity contribution in [3.8, 4) is 0 Å². The monoisotopic (exact) mass is 306 g/mol. The normalized spacial score (nSPS) is 12.3. The third-order valence-corrected chi connectivity index (χ3v) is 5.66. The Labute approximate surface area is 117 Å². The molecule has 0 aliphatic rings. The van der Waals surface area contributed by atoms with Gasteiger partial charge >= 0.3 is 5.97 Å². The Balaban J connectivity index is 2.71. The molecule has 0 aliphatic carbocycles. The molecule has 0 spiro atoms. The summed E-state index contributed by atoms with van der Waals surface area (Å²) in [5.41, 5.74) is 1.06. The minimum Gasteiger partial charge on any atom is -0.481 e. The van der Waals surface area contributed by atoms with Crippen LogP contribution in [0.4, 0.5) is 0 Å². The van der Waals surface area contributed by atoms with E-state index in [1.165, 1.54) is 29.7 Å². The van der Waals surface area contributed by atoms with Crippen LogP contribution in [0.2, 0.25) is 0 Å². The summed E-state index contributed by atoms with van der Waals surface area (Å²) in [6.07, 6.45) is -0.207. The van der Waals surface area contributed by atoms with Crippen molar-refractivity contribution in [1.29, 1.82) is 0 Å². The molecule has 6 nitrogen and oxygen atoms in total. The first kappa shape index (κ1) is 16.1. The Hall–Kier alpha value is -0.960. The topological polar surface area (TPSA) is 77.9 Å². The molecule has 0 saturated carbocycles. The van der Waals surface area contributed by atoms with Crippen molar-refractivity contribution in [2.75, 3.05) is 20.6 Å². The molecule has 0 bridgehead atoms. The third kappa shape index (κ3) is 4.27. The van der Waals surface area contributed by atoms with Crippen LogP contribution in [0.5, 0.6) is 0 Å². The molecule has 8 heteroatoms. The van der Waals surface area contributed by atoms with Gasteiger partial charge in [-0.1, -0.05) is 0 Å². The minimum atomic E-state index is -3.62. The summed E-state index contributed by atoms with van der Waals surface area (Å²) in [5, 5.41) is 10.5. The lowest BCUT2D eigenvalue weighted by molar-refractivity contribution is -0.137. The van der Waals surface area contributed by atoms with E-state index < -0.39 is 16.2 Å². The first-order valence-electron chi connectivity index (χ1n) is 5.67. The molecule has 19 heavy (non-hydrogen) atoms. The SMILES string of the molecule is Cc1ccsc1CN(C)S(=O)(=O)N(C)CCC(=O)O. The van der Waals surface area contributed by atoms with E-state index in [1.807, 2.05) is 18.4 Å². The molecule has 108 valence electrons. The smallest absolute Gasteiger partial charge is 0.304 e. The van der Waals surface area contributed by atoms with E-state index in [0.717, 1.165) is 14.7 Å². The van der Waals surface area contributed by atoms with Crippen LogP contribution in [0.3, 0.4) is 0 Å². The van der Waals surface area contributed by atoms with Crippen LogP contribution < -0.4 is 0 Å². The highest BCUT2D eigenvalue weighted by Crippen LogP contribution is 2.19. The third-order valence-electron chi connectivity index (χ3n) is 2.76. The van der Waals surface area contributed by atoms with Crippen LogP contribution in [0.25, 0.3) is 0 Å². The first-order valence-corrected chi connectivity index (χ1v) is 7.95. The lowest BCUT2D eigenvalue weighted by Gasteiger charge is -2.23. The van der Waals surface area contributed by atoms with Gasteiger partial charge in [-0.25, -0.2) is 0 Å². The van der Waals surface area contributed by atoms with E-state index in [4.69, 9.17) is 5.11 Å². The molecule has 0 amide bonds. The fourth-order valence-corrected chi connectivity index (χ4v) is 3.59. The van der Waals surface area contributed by atoms with Crippen LogP contribution in [-0.4, -0.2) is 48.7 Å². The number of carboxylic acid groups (broad SMARTS) is 1. The summed E-state index contributed by atoms with van der Waals surface area (Å²) in [4.78, 5) is 11.5. The molecular weight excluding hydrogens is 288 g/mol. The largest absolute Gasteiger partial charge is 0.481 e. The van der Waals surface area contributed by atoms with Crippen molar-refractivity contribution in [3.63, 3.8) is 0 Å². The van der Waals surface area contributed by atoms with Crippen LogP contribution in [0.15, 0.2) is 11.4 Å². The van der Waals surface area contributed by atoms with E-state index in [0.29, 0.717) is 6.54 Å². The standard InChI is InChI=1S/C11H18N2O4S2/c1-9-5-7-18-10(9)8-13(3)19(16,17)12(2)6-4-11(14)15/h5,7H,4,6,8H2,1-3H3,(H,14,15). The maximum atomic E-state index is 12.1. The van der Waals surface area contributed by atoms with Crippen molar-refractivity contribution in [1.82, 2.24) is 8.61 Å². The molecule has 1 N–H and O–H groups in total. The van der Waals surface area contributed by atoms with Gasteiger partial charge in [0.1, 0.15) is 0 Å². The van der Waals surface area contributed by atoms with Crippen molar-refractivity contribution >= 4 is 27.5 Å². The van der Waals surface area contributed by atoms with Gasteiger partial charge in [0.2, 0.25) is 0 Å². The number of hydrogen-bond donors (Lipinski definition) is 1. The number of carbonyl (C=O) groups is 1. The van der Waals surface area contributed by atoms with Crippen LogP contribution in [-0.2, 0) is 21.5 Å². The number of nitrogens with zero attached hydrogens (tertiary/aromatic N) is 2. The predicted molar refractivity (Wildman–Crippen MR) is 74.3 cm³/mol. The molecule has 0 aromatic carbocycles. The van der Waals surface area contributed by atoms with Gasteiger partial charge in [-0.2, -0.15) is 17.0 Å². The minimum absolute atomic E-state index is 0.0363. The maximum absolute atomic E-state index is 12.1. The van der Waals surface area contributed by atoms with Gasteiger partial charge in [-0.3, -0.25) is 4.79 Å². The van der Waals surface area contributed by atoms with Crippen molar-refractivity contribution in [2.45, 2.75) is 19.9 Å². The molecule has 0 radical (unpaired) electrons. The Kier molecular flexibility index (Phi) is 5.48. The lowest BCUT2D eigenvalue weighted by Crippen LogP contribution is -2.40. The highest BCUT2D eigenvalue weighted by molar-refractivity contribution is 7.86. The average molecular weight is 306 g/mol. The second kappa shape index (κ2) is 6.47. The van der Waals surface area contributed by atoms with Crippen LogP contribution in [0, 0.1) is 6.92 Å². The quantitative estimate of drug-likeness (QED) is 0.819. The predicted octanol–water partition coefficient (Wildman–Crippen LogP) is 1.14. The van der Waals surface area contributed by atoms with E-state index >= 15 is 0 Å². The van der Waals surface area contributed by atoms with E-state index in [1.54, 1.807) is 0 Å². The zero-order valence-corrected chi connectivity index (χ0v) is 12.8. The Morgan fingerprint density at radius 1 is 1.37 bits per heavy atom. The summed E-state index contributed by atoms with van der Waals surface area (Å²) in [6.45, 7) is 2.19. The molecule has 0 atom stereocenters. The number of aliphatic carboxylic acids is 1. The number of aryl methyl sites for hydroxylation is 1. The zero-order valence-electron chi connectivity index (χ0n) is 11.2. The summed E-state index contributed by atoms with van der Waals surface area (Å²) in [7, 11) is -0.741. The first-order chi connectivity index (χ1) is 8.75. The van der Waals surface area contributed by atoms with Crippen molar-refractivity contribution in [2.24, 2.45) is 0 Å². The highest BCUT2D eigenvalue weighted by atomic mass is 32.2. The van der Waals surface area contributed by atoms with Gasteiger partial charge in [-0.15, -0.1) is 11.3 Å². The molecule has 0 saturated heterocycles. The molecular formula is C11H18N2O4S2. The number of hydrogen-bond acceptors (Lipinski definition) is 4. The summed E-state index contributed by atoms with van der Waals surface area (Å²) in [6, 6.07) is 1.94. The van der Waals surface area contributed by atoms with Crippen LogP contribution in [0.1, 0.15) is 16.9 Å². The molecule has 1 rings (SSSR count). The lowest BCUT2D eigenvalue weighted by atomic mass is 10.3. The number of carboxylic acids is 1. The second-order valence-electron chi connectivity index (χ2n) is 4.26. The summed E-state index contributed by atoms with van der Waals surface area (Å²) in [5.74, 6) is -1.01. The summed E-state index contributed by atoms with van der Waals surface area (Å²) < 4.78 is 26.6.